The van der Waals surface area contributed by atoms with Crippen molar-refractivity contribution in [3.8, 4) is 0 Å². The molecule has 1 aliphatic carbocycles. The Morgan fingerprint density at radius 2 is 2.12 bits per heavy atom. The van der Waals surface area contributed by atoms with Crippen LogP contribution in [0.4, 0.5) is 0 Å². The van der Waals surface area contributed by atoms with E-state index in [1.165, 1.54) is 32.1 Å². The molecule has 0 aromatic heterocycles. The monoisotopic (exact) mass is 225 g/mol. The third kappa shape index (κ3) is 3.30. The van der Waals surface area contributed by atoms with Gasteiger partial charge in [-0.2, -0.15) is 0 Å². The molecule has 1 unspecified atom stereocenters. The minimum Gasteiger partial charge on any atom is -0.350 e. The molecule has 92 valence electrons. The first-order valence-corrected chi connectivity index (χ1v) is 6.49. The number of ether oxygens (including phenoxy) is 2. The molecule has 0 amide bonds. The van der Waals surface area contributed by atoms with Crippen molar-refractivity contribution in [1.29, 1.82) is 0 Å². The number of nitrogens with one attached hydrogen (secondary N) is 1. The lowest BCUT2D eigenvalue weighted by Crippen LogP contribution is -2.32. The van der Waals surface area contributed by atoms with Crippen LogP contribution in [0.1, 0.15) is 38.5 Å². The van der Waals surface area contributed by atoms with Crippen LogP contribution in [-0.2, 0) is 9.47 Å². The van der Waals surface area contributed by atoms with E-state index in [4.69, 9.17) is 9.47 Å². The van der Waals surface area contributed by atoms with Gasteiger partial charge in [-0.15, -0.1) is 0 Å². The van der Waals surface area contributed by atoms with Crippen molar-refractivity contribution in [2.75, 3.05) is 20.3 Å². The third-order valence-electron chi connectivity index (χ3n) is 3.49. The summed E-state index contributed by atoms with van der Waals surface area (Å²) in [5.41, 5.74) is 1.55. The molecule has 1 atom stereocenters. The zero-order valence-electron chi connectivity index (χ0n) is 10.2. The van der Waals surface area contributed by atoms with Crippen molar-refractivity contribution >= 4 is 0 Å². The Morgan fingerprint density at radius 3 is 2.88 bits per heavy atom. The molecule has 1 heterocycles. The molecule has 0 aromatic carbocycles. The van der Waals surface area contributed by atoms with Crippen LogP contribution >= 0.6 is 0 Å². The van der Waals surface area contributed by atoms with Crippen LogP contribution in [-0.4, -0.2) is 32.6 Å². The van der Waals surface area contributed by atoms with Gasteiger partial charge in [0, 0.05) is 12.5 Å². The largest absolute Gasteiger partial charge is 0.350 e. The lowest BCUT2D eigenvalue weighted by Gasteiger charge is -2.22. The highest BCUT2D eigenvalue weighted by Gasteiger charge is 2.23. The Bertz CT molecular complexity index is 234. The molecule has 3 nitrogen and oxygen atoms in total. The molecule has 0 spiro atoms. The van der Waals surface area contributed by atoms with Gasteiger partial charge in [0.1, 0.15) is 0 Å². The summed E-state index contributed by atoms with van der Waals surface area (Å²) in [5.74, 6) is 0. The predicted molar refractivity (Wildman–Crippen MR) is 64.3 cm³/mol. The van der Waals surface area contributed by atoms with Gasteiger partial charge >= 0.3 is 0 Å². The summed E-state index contributed by atoms with van der Waals surface area (Å²) in [6.45, 7) is 1.50. The maximum atomic E-state index is 5.52. The van der Waals surface area contributed by atoms with Crippen LogP contribution in [0.25, 0.3) is 0 Å². The van der Waals surface area contributed by atoms with Crippen LogP contribution < -0.4 is 5.32 Å². The number of likely N-dealkylation sites (N-methyl/N-ethyl adjacent to an activating group) is 1. The first-order valence-electron chi connectivity index (χ1n) is 6.49. The van der Waals surface area contributed by atoms with Gasteiger partial charge in [0.15, 0.2) is 6.29 Å². The predicted octanol–water partition coefficient (Wildman–Crippen LogP) is 2.23. The second-order valence-corrected chi connectivity index (χ2v) is 4.63. The Morgan fingerprint density at radius 1 is 1.31 bits per heavy atom. The number of allylic oxidation sites excluding steroid dienone is 1. The zero-order chi connectivity index (χ0) is 11.2. The summed E-state index contributed by atoms with van der Waals surface area (Å²) >= 11 is 0. The zero-order valence-corrected chi connectivity index (χ0v) is 10.2. The van der Waals surface area contributed by atoms with E-state index in [-0.39, 0.29) is 6.29 Å². The number of rotatable bonds is 4. The van der Waals surface area contributed by atoms with Crippen LogP contribution in [0.15, 0.2) is 11.6 Å². The number of hydrogen-bond donors (Lipinski definition) is 1. The molecule has 0 bridgehead atoms. The molecule has 0 radical (unpaired) electrons. The Hall–Kier alpha value is -0.380. The van der Waals surface area contributed by atoms with Crippen LogP contribution in [0, 0.1) is 0 Å². The fraction of sp³-hybridized carbons (Fsp3) is 0.846. The summed E-state index contributed by atoms with van der Waals surface area (Å²) in [6.07, 6.45) is 9.88. The molecule has 3 heteroatoms. The van der Waals surface area contributed by atoms with E-state index in [0.717, 1.165) is 19.6 Å². The van der Waals surface area contributed by atoms with Crippen LogP contribution in [0.2, 0.25) is 0 Å². The molecular weight excluding hydrogens is 202 g/mol. The maximum Gasteiger partial charge on any atom is 0.159 e. The highest BCUT2D eigenvalue weighted by atomic mass is 16.7. The Kier molecular flexibility index (Phi) is 4.82. The van der Waals surface area contributed by atoms with E-state index < -0.39 is 0 Å². The van der Waals surface area contributed by atoms with Crippen molar-refractivity contribution in [3.05, 3.63) is 11.6 Å². The van der Waals surface area contributed by atoms with E-state index in [1.807, 2.05) is 7.05 Å². The molecule has 0 saturated carbocycles. The molecule has 2 aliphatic rings. The highest BCUT2D eigenvalue weighted by molar-refractivity contribution is 5.12. The standard InChI is InChI=1S/C13H23NO2/c1-14-12(10-13-15-8-9-16-13)11-6-4-2-3-5-7-11/h6,12-14H,2-5,7-10H2,1H3. The van der Waals surface area contributed by atoms with E-state index in [9.17, 15) is 0 Å². The van der Waals surface area contributed by atoms with Crippen molar-refractivity contribution in [1.82, 2.24) is 5.32 Å². The average molecular weight is 225 g/mol. The van der Waals surface area contributed by atoms with Crippen LogP contribution in [0.5, 0.6) is 0 Å². The topological polar surface area (TPSA) is 30.5 Å². The SMILES string of the molecule is CNC(CC1OCCO1)C1=CCCCCC1. The van der Waals surface area contributed by atoms with Gasteiger partial charge in [-0.25, -0.2) is 0 Å². The molecule has 1 aliphatic heterocycles. The summed E-state index contributed by atoms with van der Waals surface area (Å²) in [7, 11) is 2.03. The lowest BCUT2D eigenvalue weighted by molar-refractivity contribution is -0.0504. The van der Waals surface area contributed by atoms with E-state index >= 15 is 0 Å². The summed E-state index contributed by atoms with van der Waals surface area (Å²) in [5, 5.41) is 3.40. The maximum absolute atomic E-state index is 5.52. The lowest BCUT2D eigenvalue weighted by atomic mass is 9.99. The van der Waals surface area contributed by atoms with Gasteiger partial charge < -0.3 is 14.8 Å². The van der Waals surface area contributed by atoms with Crippen molar-refractivity contribution < 1.29 is 9.47 Å². The first-order chi connectivity index (χ1) is 7.90. The summed E-state index contributed by atoms with van der Waals surface area (Å²) in [4.78, 5) is 0. The fourth-order valence-corrected chi connectivity index (χ4v) is 2.55. The van der Waals surface area contributed by atoms with E-state index in [0.29, 0.717) is 6.04 Å². The second-order valence-electron chi connectivity index (χ2n) is 4.63. The van der Waals surface area contributed by atoms with Gasteiger partial charge in [0.25, 0.3) is 0 Å². The van der Waals surface area contributed by atoms with Gasteiger partial charge in [0.2, 0.25) is 0 Å². The summed E-state index contributed by atoms with van der Waals surface area (Å²) in [6, 6.07) is 0.432. The Labute approximate surface area is 98.2 Å². The molecule has 0 aromatic rings. The molecule has 2 rings (SSSR count). The van der Waals surface area contributed by atoms with Crippen molar-refractivity contribution in [2.24, 2.45) is 0 Å². The summed E-state index contributed by atoms with van der Waals surface area (Å²) < 4.78 is 11.0. The average Bonchev–Trinajstić information content (AvgIpc) is 2.67. The van der Waals surface area contributed by atoms with Gasteiger partial charge in [-0.1, -0.05) is 18.1 Å². The molecule has 1 fully saturated rings. The Balaban J connectivity index is 1.89. The van der Waals surface area contributed by atoms with Crippen molar-refractivity contribution in [2.45, 2.75) is 50.9 Å². The van der Waals surface area contributed by atoms with Gasteiger partial charge in [-0.05, 0) is 32.7 Å². The minimum atomic E-state index is 0.00148. The van der Waals surface area contributed by atoms with E-state index in [2.05, 4.69) is 11.4 Å². The molecule has 16 heavy (non-hydrogen) atoms. The normalized spacial score (nSPS) is 25.2. The molecule has 1 N–H and O–H groups in total. The van der Waals surface area contributed by atoms with E-state index in [1.54, 1.807) is 5.57 Å². The van der Waals surface area contributed by atoms with Crippen molar-refractivity contribution in [3.63, 3.8) is 0 Å². The molecule has 1 saturated heterocycles. The van der Waals surface area contributed by atoms with Gasteiger partial charge in [0.05, 0.1) is 13.2 Å². The van der Waals surface area contributed by atoms with Gasteiger partial charge in [-0.3, -0.25) is 0 Å². The first kappa shape index (κ1) is 12.1. The minimum absolute atomic E-state index is 0.00148. The fourth-order valence-electron chi connectivity index (χ4n) is 2.55. The highest BCUT2D eigenvalue weighted by Crippen LogP contribution is 2.23. The number of hydrogen-bond acceptors (Lipinski definition) is 3. The van der Waals surface area contributed by atoms with Crippen LogP contribution in [0.3, 0.4) is 0 Å². The quantitative estimate of drug-likeness (QED) is 0.744. The third-order valence-corrected chi connectivity index (χ3v) is 3.49. The second kappa shape index (κ2) is 6.38. The smallest absolute Gasteiger partial charge is 0.159 e. The molecular formula is C13H23NO2.